The number of rotatable bonds is 3. The number of nitrogens with two attached hydrogens (primary N) is 1. The Morgan fingerprint density at radius 1 is 0.950 bits per heavy atom. The molecule has 0 aliphatic carbocycles. The van der Waals surface area contributed by atoms with Crippen molar-refractivity contribution < 1.29 is 0 Å². The van der Waals surface area contributed by atoms with E-state index in [0.29, 0.717) is 6.54 Å². The van der Waals surface area contributed by atoms with E-state index in [1.807, 2.05) is 24.4 Å². The zero-order valence-corrected chi connectivity index (χ0v) is 11.3. The molecule has 3 heterocycles. The maximum absolute atomic E-state index is 5.55. The molecule has 0 bridgehead atoms. The monoisotopic (exact) mass is 270 g/mol. The van der Waals surface area contributed by atoms with Crippen LogP contribution in [0.25, 0.3) is 0 Å². The van der Waals surface area contributed by atoms with Crippen LogP contribution in [0.3, 0.4) is 0 Å². The van der Waals surface area contributed by atoms with Gasteiger partial charge >= 0.3 is 0 Å². The highest BCUT2D eigenvalue weighted by Gasteiger charge is 2.19. The molecule has 2 N–H and O–H groups in total. The lowest BCUT2D eigenvalue weighted by Gasteiger charge is -2.35. The molecule has 0 radical (unpaired) electrons. The Kier molecular flexibility index (Phi) is 3.73. The van der Waals surface area contributed by atoms with Crippen LogP contribution in [0.5, 0.6) is 0 Å². The molecule has 2 aromatic heterocycles. The summed E-state index contributed by atoms with van der Waals surface area (Å²) in [6.45, 7) is 4.14. The maximum atomic E-state index is 5.55. The number of nitrogens with zero attached hydrogens (tertiary/aromatic N) is 5. The average molecular weight is 270 g/mol. The molecule has 6 nitrogen and oxygen atoms in total. The van der Waals surface area contributed by atoms with Gasteiger partial charge in [0.05, 0.1) is 0 Å². The molecule has 0 amide bonds. The van der Waals surface area contributed by atoms with Gasteiger partial charge in [0.15, 0.2) is 0 Å². The largest absolute Gasteiger partial charge is 0.353 e. The number of hydrogen-bond donors (Lipinski definition) is 1. The van der Waals surface area contributed by atoms with Gasteiger partial charge in [-0.25, -0.2) is 15.0 Å². The van der Waals surface area contributed by atoms with E-state index in [0.717, 1.165) is 43.5 Å². The Balaban J connectivity index is 1.63. The van der Waals surface area contributed by atoms with Crippen molar-refractivity contribution in [3.8, 4) is 0 Å². The molecule has 20 heavy (non-hydrogen) atoms. The first-order valence-electron chi connectivity index (χ1n) is 6.79. The molecule has 0 unspecified atom stereocenters. The average Bonchev–Trinajstić information content (AvgIpc) is 2.56. The second-order valence-electron chi connectivity index (χ2n) is 4.76. The number of hydrogen-bond acceptors (Lipinski definition) is 6. The Morgan fingerprint density at radius 2 is 1.65 bits per heavy atom. The van der Waals surface area contributed by atoms with Crippen molar-refractivity contribution in [1.82, 2.24) is 15.0 Å². The van der Waals surface area contributed by atoms with E-state index in [4.69, 9.17) is 5.73 Å². The highest BCUT2D eigenvalue weighted by atomic mass is 15.3. The second kappa shape index (κ2) is 5.83. The van der Waals surface area contributed by atoms with Gasteiger partial charge in [-0.2, -0.15) is 0 Å². The van der Waals surface area contributed by atoms with Crippen LogP contribution in [0.15, 0.2) is 36.8 Å². The molecular weight excluding hydrogens is 252 g/mol. The van der Waals surface area contributed by atoms with Gasteiger partial charge in [0.25, 0.3) is 0 Å². The lowest BCUT2D eigenvalue weighted by Crippen LogP contribution is -2.47. The fourth-order valence-corrected chi connectivity index (χ4v) is 2.29. The summed E-state index contributed by atoms with van der Waals surface area (Å²) in [5.74, 6) is 1.81. The SMILES string of the molecule is NCc1cnc(N2CCN(c3ccccn3)CC2)nc1. The lowest BCUT2D eigenvalue weighted by molar-refractivity contribution is 0.634. The molecule has 0 aromatic carbocycles. The third-order valence-corrected chi connectivity index (χ3v) is 3.46. The van der Waals surface area contributed by atoms with E-state index in [1.54, 1.807) is 12.4 Å². The van der Waals surface area contributed by atoms with Crippen molar-refractivity contribution in [2.45, 2.75) is 6.54 Å². The quantitative estimate of drug-likeness (QED) is 0.883. The Morgan fingerprint density at radius 3 is 2.25 bits per heavy atom. The Hall–Kier alpha value is -2.21. The van der Waals surface area contributed by atoms with Gasteiger partial charge in [-0.15, -0.1) is 0 Å². The zero-order valence-electron chi connectivity index (χ0n) is 11.3. The normalized spacial score (nSPS) is 15.4. The highest BCUT2D eigenvalue weighted by molar-refractivity contribution is 5.41. The number of anilines is 2. The van der Waals surface area contributed by atoms with Gasteiger partial charge in [-0.3, -0.25) is 0 Å². The van der Waals surface area contributed by atoms with Crippen LogP contribution < -0.4 is 15.5 Å². The van der Waals surface area contributed by atoms with Crippen LogP contribution in [-0.4, -0.2) is 41.1 Å². The zero-order chi connectivity index (χ0) is 13.8. The molecule has 6 heteroatoms. The molecule has 0 atom stereocenters. The molecule has 1 aliphatic rings. The van der Waals surface area contributed by atoms with Crippen LogP contribution in [0, 0.1) is 0 Å². The topological polar surface area (TPSA) is 71.2 Å². The van der Waals surface area contributed by atoms with E-state index < -0.39 is 0 Å². The molecule has 0 spiro atoms. The van der Waals surface area contributed by atoms with E-state index in [-0.39, 0.29) is 0 Å². The summed E-state index contributed by atoms with van der Waals surface area (Å²) in [7, 11) is 0. The van der Waals surface area contributed by atoms with Gasteiger partial charge in [0.1, 0.15) is 5.82 Å². The lowest BCUT2D eigenvalue weighted by atomic mass is 10.3. The fraction of sp³-hybridized carbons (Fsp3) is 0.357. The van der Waals surface area contributed by atoms with Crippen molar-refractivity contribution in [2.75, 3.05) is 36.0 Å². The molecule has 3 rings (SSSR count). The molecule has 1 fully saturated rings. The minimum Gasteiger partial charge on any atom is -0.353 e. The maximum Gasteiger partial charge on any atom is 0.225 e. The van der Waals surface area contributed by atoms with E-state index >= 15 is 0 Å². The third kappa shape index (κ3) is 2.70. The third-order valence-electron chi connectivity index (χ3n) is 3.46. The predicted molar refractivity (Wildman–Crippen MR) is 78.6 cm³/mol. The standard InChI is InChI=1S/C14H18N6/c15-9-12-10-17-14(18-11-12)20-7-5-19(6-8-20)13-3-1-2-4-16-13/h1-4,10-11H,5-9,15H2. The minimum atomic E-state index is 0.480. The molecule has 0 saturated carbocycles. The van der Waals surface area contributed by atoms with Crippen molar-refractivity contribution in [2.24, 2.45) is 5.73 Å². The van der Waals surface area contributed by atoms with E-state index in [9.17, 15) is 0 Å². The van der Waals surface area contributed by atoms with Gasteiger partial charge in [0.2, 0.25) is 5.95 Å². The summed E-state index contributed by atoms with van der Waals surface area (Å²) in [5, 5.41) is 0. The summed E-state index contributed by atoms with van der Waals surface area (Å²) in [4.78, 5) is 17.6. The van der Waals surface area contributed by atoms with Crippen molar-refractivity contribution in [1.29, 1.82) is 0 Å². The second-order valence-corrected chi connectivity index (χ2v) is 4.76. The van der Waals surface area contributed by atoms with Gasteiger partial charge in [-0.1, -0.05) is 6.07 Å². The highest BCUT2D eigenvalue weighted by Crippen LogP contribution is 2.15. The van der Waals surface area contributed by atoms with Crippen LogP contribution >= 0.6 is 0 Å². The van der Waals surface area contributed by atoms with Crippen molar-refractivity contribution in [3.05, 3.63) is 42.4 Å². The number of piperazine rings is 1. The number of pyridine rings is 1. The molecule has 104 valence electrons. The summed E-state index contributed by atoms with van der Waals surface area (Å²) in [6, 6.07) is 6.00. The number of aromatic nitrogens is 3. The van der Waals surface area contributed by atoms with Crippen LogP contribution in [0.2, 0.25) is 0 Å². The van der Waals surface area contributed by atoms with Crippen LogP contribution in [-0.2, 0) is 6.54 Å². The first-order valence-corrected chi connectivity index (χ1v) is 6.79. The van der Waals surface area contributed by atoms with Crippen LogP contribution in [0.1, 0.15) is 5.56 Å². The summed E-state index contributed by atoms with van der Waals surface area (Å²) >= 11 is 0. The summed E-state index contributed by atoms with van der Waals surface area (Å²) in [6.07, 6.45) is 5.43. The van der Waals surface area contributed by atoms with Gasteiger partial charge < -0.3 is 15.5 Å². The van der Waals surface area contributed by atoms with E-state index in [1.165, 1.54) is 0 Å². The first kappa shape index (κ1) is 12.8. The molecular formula is C14H18N6. The predicted octanol–water partition coefficient (Wildman–Crippen LogP) is 0.657. The first-order chi connectivity index (χ1) is 9.86. The van der Waals surface area contributed by atoms with Gasteiger partial charge in [-0.05, 0) is 12.1 Å². The fourth-order valence-electron chi connectivity index (χ4n) is 2.29. The molecule has 1 saturated heterocycles. The molecule has 1 aliphatic heterocycles. The van der Waals surface area contributed by atoms with E-state index in [2.05, 4.69) is 24.8 Å². The Bertz CT molecular complexity index is 533. The summed E-state index contributed by atoms with van der Waals surface area (Å²) in [5.41, 5.74) is 6.51. The summed E-state index contributed by atoms with van der Waals surface area (Å²) < 4.78 is 0. The Labute approximate surface area is 118 Å². The van der Waals surface area contributed by atoms with Crippen molar-refractivity contribution >= 4 is 11.8 Å². The van der Waals surface area contributed by atoms with Gasteiger partial charge in [0, 0.05) is 56.9 Å². The van der Waals surface area contributed by atoms with Crippen LogP contribution in [0.4, 0.5) is 11.8 Å². The van der Waals surface area contributed by atoms with Crippen molar-refractivity contribution in [3.63, 3.8) is 0 Å². The molecule has 2 aromatic rings. The smallest absolute Gasteiger partial charge is 0.225 e. The minimum absolute atomic E-state index is 0.480.